The van der Waals surface area contributed by atoms with Crippen molar-refractivity contribution >= 4 is 46.1 Å². The van der Waals surface area contributed by atoms with Crippen molar-refractivity contribution in [1.82, 2.24) is 15.2 Å². The molecule has 2 aliphatic heterocycles. The molecule has 1 unspecified atom stereocenters. The standard InChI is InChI=1S/C41H41FN4O8/c1-24(25-5-7-26(8-6-25)30-17-18-43-33-14-9-27(42)23-32(30)33)38(48)44-28-10-12-29(13-11-28)53-21-19-52-20-22-54-35-4-2-3-31-37(35)41(51)46(40(31)50)34-15-16-36(47)45-39(34)49/h2-4,9-14,17-18,23-26,34H,5-8,15-16,19-22H2,1H3,(H,44,48)(H,45,47,49)/t24-,25?,26?,34?/m1/s1. The minimum atomic E-state index is -1.05. The molecule has 54 heavy (non-hydrogen) atoms. The van der Waals surface area contributed by atoms with E-state index in [9.17, 15) is 28.4 Å². The Balaban J connectivity index is 0.810. The average Bonchev–Trinajstić information content (AvgIpc) is 3.43. The highest BCUT2D eigenvalue weighted by atomic mass is 19.1. The van der Waals surface area contributed by atoms with Gasteiger partial charge in [0.05, 0.1) is 29.9 Å². The van der Waals surface area contributed by atoms with Crippen LogP contribution in [0.2, 0.25) is 0 Å². The SMILES string of the molecule is C[C@@H](C(=O)Nc1ccc(OCCOCCOc2cccc3c2C(=O)N(C2CCC(=O)NC2=O)C3=O)cc1)C1CCC(c2ccnc3ccc(F)cc23)CC1. The highest BCUT2D eigenvalue weighted by Crippen LogP contribution is 2.41. The number of fused-ring (bicyclic) bond motifs is 2. The molecule has 1 saturated heterocycles. The Morgan fingerprint density at radius 2 is 1.67 bits per heavy atom. The molecule has 1 saturated carbocycles. The second-order valence-corrected chi connectivity index (χ2v) is 13.9. The molecule has 13 heteroatoms. The molecule has 0 spiro atoms. The fourth-order valence-corrected chi connectivity index (χ4v) is 7.67. The van der Waals surface area contributed by atoms with E-state index in [1.165, 1.54) is 12.1 Å². The molecule has 3 heterocycles. The van der Waals surface area contributed by atoms with Crippen LogP contribution in [-0.4, -0.2) is 71.9 Å². The molecular formula is C41H41FN4O8. The van der Waals surface area contributed by atoms with Gasteiger partial charge in [0.2, 0.25) is 17.7 Å². The number of anilines is 1. The number of nitrogens with zero attached hydrogens (tertiary/aromatic N) is 2. The van der Waals surface area contributed by atoms with Crippen molar-refractivity contribution in [1.29, 1.82) is 0 Å². The van der Waals surface area contributed by atoms with Gasteiger partial charge < -0.3 is 19.5 Å². The molecule has 2 N–H and O–H groups in total. The second-order valence-electron chi connectivity index (χ2n) is 13.9. The first-order chi connectivity index (χ1) is 26.2. The lowest BCUT2D eigenvalue weighted by Gasteiger charge is -2.32. The van der Waals surface area contributed by atoms with Gasteiger partial charge in [-0.25, -0.2) is 4.39 Å². The fourth-order valence-electron chi connectivity index (χ4n) is 7.67. The molecule has 0 bridgehead atoms. The van der Waals surface area contributed by atoms with Crippen LogP contribution in [0.15, 0.2) is 72.9 Å². The van der Waals surface area contributed by atoms with Crippen LogP contribution >= 0.6 is 0 Å². The van der Waals surface area contributed by atoms with Crippen molar-refractivity contribution in [3.8, 4) is 11.5 Å². The van der Waals surface area contributed by atoms with Crippen molar-refractivity contribution in [3.63, 3.8) is 0 Å². The number of hydrogen-bond donors (Lipinski definition) is 2. The van der Waals surface area contributed by atoms with Gasteiger partial charge in [-0.05, 0) is 110 Å². The second kappa shape index (κ2) is 16.1. The lowest BCUT2D eigenvalue weighted by molar-refractivity contribution is -0.136. The zero-order valence-corrected chi connectivity index (χ0v) is 29.8. The maximum atomic E-state index is 14.0. The summed E-state index contributed by atoms with van der Waals surface area (Å²) in [7, 11) is 0. The number of rotatable bonds is 13. The Hall–Kier alpha value is -5.69. The van der Waals surface area contributed by atoms with Crippen LogP contribution in [0.25, 0.3) is 10.9 Å². The number of carbonyl (C=O) groups is 5. The summed E-state index contributed by atoms with van der Waals surface area (Å²) in [5, 5.41) is 6.08. The quantitative estimate of drug-likeness (QED) is 0.128. The first-order valence-corrected chi connectivity index (χ1v) is 18.3. The molecular weight excluding hydrogens is 695 g/mol. The maximum Gasteiger partial charge on any atom is 0.266 e. The Kier molecular flexibility index (Phi) is 11.0. The number of benzene rings is 3. The third-order valence-electron chi connectivity index (χ3n) is 10.6. The molecule has 0 radical (unpaired) electrons. The minimum absolute atomic E-state index is 0.0257. The van der Waals surface area contributed by atoms with Gasteiger partial charge in [-0.3, -0.25) is 39.2 Å². The smallest absolute Gasteiger partial charge is 0.266 e. The highest BCUT2D eigenvalue weighted by Gasteiger charge is 2.46. The topological polar surface area (TPSA) is 153 Å². The summed E-state index contributed by atoms with van der Waals surface area (Å²) in [5.41, 5.74) is 2.84. The molecule has 12 nitrogen and oxygen atoms in total. The number of hydrogen-bond acceptors (Lipinski definition) is 9. The molecule has 3 aliphatic rings. The van der Waals surface area contributed by atoms with E-state index in [2.05, 4.69) is 15.6 Å². The van der Waals surface area contributed by atoms with E-state index in [1.54, 1.807) is 54.7 Å². The number of piperidine rings is 1. The van der Waals surface area contributed by atoms with Crippen LogP contribution in [0.3, 0.4) is 0 Å². The summed E-state index contributed by atoms with van der Waals surface area (Å²) < 4.78 is 31.2. The van der Waals surface area contributed by atoms with Gasteiger partial charge in [0.25, 0.3) is 11.8 Å². The lowest BCUT2D eigenvalue weighted by Crippen LogP contribution is -2.54. The summed E-state index contributed by atoms with van der Waals surface area (Å²) >= 11 is 0. The van der Waals surface area contributed by atoms with Crippen LogP contribution in [0, 0.1) is 17.7 Å². The van der Waals surface area contributed by atoms with Crippen molar-refractivity contribution < 1.29 is 42.6 Å². The minimum Gasteiger partial charge on any atom is -0.491 e. The van der Waals surface area contributed by atoms with E-state index in [-0.39, 0.29) is 79.7 Å². The van der Waals surface area contributed by atoms with Crippen molar-refractivity contribution in [2.75, 3.05) is 31.7 Å². The third kappa shape index (κ3) is 7.81. The highest BCUT2D eigenvalue weighted by molar-refractivity contribution is 6.24. The lowest BCUT2D eigenvalue weighted by atomic mass is 9.73. The number of nitrogens with one attached hydrogen (secondary N) is 2. The van der Waals surface area contributed by atoms with E-state index in [0.29, 0.717) is 17.4 Å². The molecule has 1 aliphatic carbocycles. The van der Waals surface area contributed by atoms with Gasteiger partial charge in [0, 0.05) is 29.6 Å². The van der Waals surface area contributed by atoms with Gasteiger partial charge in [-0.2, -0.15) is 0 Å². The van der Waals surface area contributed by atoms with Gasteiger partial charge in [-0.15, -0.1) is 0 Å². The number of carbonyl (C=O) groups excluding carboxylic acids is 5. The molecule has 5 amide bonds. The largest absolute Gasteiger partial charge is 0.491 e. The summed E-state index contributed by atoms with van der Waals surface area (Å²) in [6, 6.07) is 17.5. The molecule has 7 rings (SSSR count). The molecule has 1 aromatic heterocycles. The zero-order chi connectivity index (χ0) is 37.8. The Labute approximate surface area is 311 Å². The van der Waals surface area contributed by atoms with Crippen LogP contribution < -0.4 is 20.1 Å². The van der Waals surface area contributed by atoms with Gasteiger partial charge in [0.15, 0.2) is 0 Å². The summed E-state index contributed by atoms with van der Waals surface area (Å²) in [5.74, 6) is -1.39. The van der Waals surface area contributed by atoms with Gasteiger partial charge >= 0.3 is 0 Å². The average molecular weight is 737 g/mol. The number of amides is 5. The fraction of sp³-hybridized carbons (Fsp3) is 0.366. The number of aromatic nitrogens is 1. The number of halogens is 1. The molecule has 280 valence electrons. The normalized spacial score (nSPS) is 20.4. The van der Waals surface area contributed by atoms with E-state index < -0.39 is 29.7 Å². The van der Waals surface area contributed by atoms with Crippen LogP contribution in [0.4, 0.5) is 10.1 Å². The zero-order valence-electron chi connectivity index (χ0n) is 29.8. The predicted molar refractivity (Wildman–Crippen MR) is 196 cm³/mol. The van der Waals surface area contributed by atoms with Crippen LogP contribution in [0.1, 0.15) is 77.6 Å². The van der Waals surface area contributed by atoms with Gasteiger partial charge in [0.1, 0.15) is 36.6 Å². The number of imide groups is 2. The van der Waals surface area contributed by atoms with E-state index in [4.69, 9.17) is 14.2 Å². The molecule has 4 aromatic rings. The van der Waals surface area contributed by atoms with Crippen LogP contribution in [-0.2, 0) is 19.1 Å². The van der Waals surface area contributed by atoms with E-state index in [0.717, 1.165) is 47.0 Å². The van der Waals surface area contributed by atoms with E-state index >= 15 is 0 Å². The maximum absolute atomic E-state index is 14.0. The van der Waals surface area contributed by atoms with Crippen molar-refractivity contribution in [2.45, 2.75) is 57.4 Å². The monoisotopic (exact) mass is 736 g/mol. The van der Waals surface area contributed by atoms with Crippen molar-refractivity contribution in [2.24, 2.45) is 11.8 Å². The summed E-state index contributed by atoms with van der Waals surface area (Å²) in [4.78, 5) is 68.5. The number of pyridine rings is 1. The summed E-state index contributed by atoms with van der Waals surface area (Å²) in [6.07, 6.45) is 5.61. The van der Waals surface area contributed by atoms with E-state index in [1.807, 2.05) is 13.0 Å². The van der Waals surface area contributed by atoms with Gasteiger partial charge in [-0.1, -0.05) is 13.0 Å². The number of ether oxygens (including phenoxy) is 3. The molecule has 2 atom stereocenters. The van der Waals surface area contributed by atoms with Crippen molar-refractivity contribution in [3.05, 3.63) is 95.4 Å². The molecule has 2 fully saturated rings. The Morgan fingerprint density at radius 1 is 0.907 bits per heavy atom. The Morgan fingerprint density at radius 3 is 2.43 bits per heavy atom. The first-order valence-electron chi connectivity index (χ1n) is 18.3. The summed E-state index contributed by atoms with van der Waals surface area (Å²) in [6.45, 7) is 2.81. The van der Waals surface area contributed by atoms with Crippen LogP contribution in [0.5, 0.6) is 11.5 Å². The molecule has 3 aromatic carbocycles. The predicted octanol–water partition coefficient (Wildman–Crippen LogP) is 5.80. The first kappa shape index (κ1) is 36.7. The third-order valence-corrected chi connectivity index (χ3v) is 10.6. The Bertz CT molecular complexity index is 2080.